The second-order valence-corrected chi connectivity index (χ2v) is 19.9. The summed E-state index contributed by atoms with van der Waals surface area (Å²) >= 11 is 1.87. The van der Waals surface area contributed by atoms with E-state index in [1.165, 1.54) is 33.0 Å². The molecule has 5 rings (SSSR count). The van der Waals surface area contributed by atoms with E-state index in [0.717, 1.165) is 102 Å². The van der Waals surface area contributed by atoms with Gasteiger partial charge in [0, 0.05) is 99.0 Å². The molecule has 298 valence electrons. The van der Waals surface area contributed by atoms with Gasteiger partial charge in [0.05, 0.1) is 10.5 Å². The first-order valence-electron chi connectivity index (χ1n) is 20.4. The molecule has 0 radical (unpaired) electrons. The van der Waals surface area contributed by atoms with E-state index in [-0.39, 0.29) is 39.7 Å². The van der Waals surface area contributed by atoms with E-state index in [4.69, 9.17) is 0 Å². The van der Waals surface area contributed by atoms with E-state index >= 15 is 0 Å². The first kappa shape index (κ1) is 42.0. The molecule has 3 N–H and O–H groups in total. The lowest BCUT2D eigenvalue weighted by Gasteiger charge is -2.34. The zero-order valence-corrected chi connectivity index (χ0v) is 34.5. The van der Waals surface area contributed by atoms with Crippen molar-refractivity contribution in [1.82, 2.24) is 25.0 Å². The third-order valence-electron chi connectivity index (χ3n) is 11.1. The predicted molar refractivity (Wildman–Crippen MR) is 217 cm³/mol. The van der Waals surface area contributed by atoms with Gasteiger partial charge in [0.15, 0.2) is 0 Å². The quantitative estimate of drug-likeness (QED) is 0.0876. The van der Waals surface area contributed by atoms with Crippen molar-refractivity contribution >= 4 is 46.2 Å². The molecule has 1 saturated carbocycles. The molecular weight excluding hydrogens is 699 g/mol. The molecule has 0 atom stereocenters. The predicted octanol–water partition coefficient (Wildman–Crippen LogP) is 7.23. The Balaban J connectivity index is 0.942. The number of hydrogen-bond donors (Lipinski definition) is 3. The Labute approximate surface area is 327 Å². The van der Waals surface area contributed by atoms with Crippen LogP contribution in [0.1, 0.15) is 117 Å². The number of nitrogens with one attached hydrogen (secondary N) is 2. The number of phenols is 1. The standard InChI is InChI=1S/C43H65N5O5S/c1-42(2,3)27-33-32-17-18-36(50)34(40(32)45-41(33)54-43(4,5)6)29-47-25-23-46(24-26-47)22-21-44-37(51)12-10-8-7-9-11-35(49)31-15-13-30(14-16-31)28-48-38(52)19-20-39(48)53/h17-20,30-31,45,50H,7-16,21-29H2,1-6H3,(H,44,51). The Morgan fingerprint density at radius 3 is 2.11 bits per heavy atom. The lowest BCUT2D eigenvalue weighted by Crippen LogP contribution is -2.48. The van der Waals surface area contributed by atoms with E-state index in [9.17, 15) is 24.3 Å². The molecule has 2 aromatic rings. The lowest BCUT2D eigenvalue weighted by molar-refractivity contribution is -0.138. The summed E-state index contributed by atoms with van der Waals surface area (Å²) in [4.78, 5) is 58.9. The summed E-state index contributed by atoms with van der Waals surface area (Å²) in [5.41, 5.74) is 3.52. The second kappa shape index (κ2) is 18.7. The van der Waals surface area contributed by atoms with Crippen LogP contribution in [0.3, 0.4) is 0 Å². The summed E-state index contributed by atoms with van der Waals surface area (Å²) in [6.45, 7) is 19.9. The molecule has 10 nitrogen and oxygen atoms in total. The van der Waals surface area contributed by atoms with Gasteiger partial charge in [-0.25, -0.2) is 0 Å². The first-order valence-corrected chi connectivity index (χ1v) is 21.2. The zero-order chi connectivity index (χ0) is 39.0. The number of imide groups is 1. The average molecular weight is 764 g/mol. The number of thioether (sulfide) groups is 1. The van der Waals surface area contributed by atoms with Crippen molar-refractivity contribution in [1.29, 1.82) is 0 Å². The highest BCUT2D eigenvalue weighted by atomic mass is 32.2. The molecule has 2 fully saturated rings. The summed E-state index contributed by atoms with van der Waals surface area (Å²) in [6.07, 6.45) is 11.8. The van der Waals surface area contributed by atoms with Gasteiger partial charge < -0.3 is 15.4 Å². The zero-order valence-electron chi connectivity index (χ0n) is 33.7. The molecule has 1 aliphatic carbocycles. The van der Waals surface area contributed by atoms with Crippen LogP contribution in [-0.2, 0) is 32.1 Å². The normalized spacial score (nSPS) is 20.4. The molecule has 54 heavy (non-hydrogen) atoms. The number of rotatable bonds is 17. The van der Waals surface area contributed by atoms with E-state index in [2.05, 4.69) is 67.7 Å². The molecule has 0 unspecified atom stereocenters. The largest absolute Gasteiger partial charge is 0.508 e. The number of aromatic hydroxyl groups is 1. The van der Waals surface area contributed by atoms with Gasteiger partial charge in [-0.05, 0) is 74.0 Å². The van der Waals surface area contributed by atoms with Crippen molar-refractivity contribution in [2.24, 2.45) is 17.3 Å². The maximum atomic E-state index is 12.8. The highest BCUT2D eigenvalue weighted by molar-refractivity contribution is 8.00. The molecule has 11 heteroatoms. The molecule has 1 aromatic heterocycles. The number of phenolic OH excluding ortho intramolecular Hbond substituents is 1. The number of fused-ring (bicyclic) bond motifs is 1. The van der Waals surface area contributed by atoms with Gasteiger partial charge in [0.25, 0.3) is 11.8 Å². The Bertz CT molecular complexity index is 1640. The highest BCUT2D eigenvalue weighted by Gasteiger charge is 2.31. The Morgan fingerprint density at radius 1 is 0.852 bits per heavy atom. The Morgan fingerprint density at radius 2 is 1.48 bits per heavy atom. The number of carbonyl (C=O) groups excluding carboxylic acids is 4. The molecular formula is C43H65N5O5S. The van der Waals surface area contributed by atoms with Crippen LogP contribution in [0.5, 0.6) is 5.75 Å². The number of H-pyrrole nitrogens is 1. The number of nitrogens with zero attached hydrogens (tertiary/aromatic N) is 3. The number of ketones is 1. The van der Waals surface area contributed by atoms with Crippen LogP contribution < -0.4 is 5.32 Å². The first-order chi connectivity index (χ1) is 25.6. The molecule has 2 aliphatic heterocycles. The SMILES string of the molecule is CC(C)(C)Cc1c(SC(C)(C)C)[nH]c2c(CN3CCN(CCNC(=O)CCCCCCC(=O)C4CCC(CN5C(=O)C=CC5=O)CC4)CC3)c(O)ccc12. The average Bonchev–Trinajstić information content (AvgIpc) is 3.60. The van der Waals surface area contributed by atoms with Crippen molar-refractivity contribution in [3.8, 4) is 5.75 Å². The van der Waals surface area contributed by atoms with E-state index < -0.39 is 0 Å². The summed E-state index contributed by atoms with van der Waals surface area (Å²) in [5.74, 6) is 0.720. The maximum Gasteiger partial charge on any atom is 0.253 e. The fraction of sp³-hybridized carbons (Fsp3) is 0.674. The van der Waals surface area contributed by atoms with Gasteiger partial charge in [0.1, 0.15) is 11.5 Å². The van der Waals surface area contributed by atoms with Crippen LogP contribution >= 0.6 is 11.8 Å². The topological polar surface area (TPSA) is 126 Å². The molecule has 3 amide bonds. The molecule has 0 bridgehead atoms. The van der Waals surface area contributed by atoms with Crippen LogP contribution in [-0.4, -0.2) is 98.9 Å². The summed E-state index contributed by atoms with van der Waals surface area (Å²) in [6, 6.07) is 3.94. The maximum absolute atomic E-state index is 12.8. The van der Waals surface area contributed by atoms with E-state index in [0.29, 0.717) is 44.0 Å². The highest BCUT2D eigenvalue weighted by Crippen LogP contribution is 2.42. The van der Waals surface area contributed by atoms with Crippen molar-refractivity contribution in [3.05, 3.63) is 35.4 Å². The van der Waals surface area contributed by atoms with Gasteiger partial charge in [-0.15, -0.1) is 11.8 Å². The number of amides is 3. The van der Waals surface area contributed by atoms with Gasteiger partial charge in [0.2, 0.25) is 5.91 Å². The number of Topliss-reactive ketones (excluding diaryl/α,β-unsaturated/α-hetero) is 1. The molecule has 3 heterocycles. The summed E-state index contributed by atoms with van der Waals surface area (Å²) in [7, 11) is 0. The minimum Gasteiger partial charge on any atom is -0.508 e. The third kappa shape index (κ3) is 12.2. The number of hydrogen-bond acceptors (Lipinski definition) is 8. The second-order valence-electron chi connectivity index (χ2n) is 18.1. The molecule has 1 aromatic carbocycles. The number of benzene rings is 1. The van der Waals surface area contributed by atoms with Gasteiger partial charge >= 0.3 is 0 Å². The van der Waals surface area contributed by atoms with Gasteiger partial charge in [-0.2, -0.15) is 0 Å². The number of aromatic amines is 1. The fourth-order valence-electron chi connectivity index (χ4n) is 8.12. The van der Waals surface area contributed by atoms with Crippen LogP contribution in [0.15, 0.2) is 29.3 Å². The van der Waals surface area contributed by atoms with Crippen molar-refractivity contribution < 1.29 is 24.3 Å². The van der Waals surface area contributed by atoms with Crippen LogP contribution in [0.2, 0.25) is 0 Å². The lowest BCUT2D eigenvalue weighted by atomic mass is 9.79. The number of piperazine rings is 1. The van der Waals surface area contributed by atoms with Crippen LogP contribution in [0.25, 0.3) is 10.9 Å². The smallest absolute Gasteiger partial charge is 0.253 e. The monoisotopic (exact) mass is 763 g/mol. The van der Waals surface area contributed by atoms with E-state index in [1.54, 1.807) is 0 Å². The molecule has 0 spiro atoms. The molecule has 3 aliphatic rings. The van der Waals surface area contributed by atoms with Crippen molar-refractivity contribution in [2.75, 3.05) is 45.8 Å². The number of unbranched alkanes of at least 4 members (excludes halogenated alkanes) is 3. The summed E-state index contributed by atoms with van der Waals surface area (Å²) < 4.78 is 0.0685. The number of carbonyl (C=O) groups is 4. The van der Waals surface area contributed by atoms with Crippen LogP contribution in [0, 0.1) is 17.3 Å². The minimum atomic E-state index is -0.225. The van der Waals surface area contributed by atoms with Crippen LogP contribution in [0.4, 0.5) is 0 Å². The van der Waals surface area contributed by atoms with Gasteiger partial charge in [-0.3, -0.25) is 33.9 Å². The Kier molecular flexibility index (Phi) is 14.5. The minimum absolute atomic E-state index is 0.0685. The molecule has 1 saturated heterocycles. The van der Waals surface area contributed by atoms with Crippen molar-refractivity contribution in [3.63, 3.8) is 0 Å². The van der Waals surface area contributed by atoms with E-state index in [1.807, 2.05) is 17.8 Å². The van der Waals surface area contributed by atoms with Gasteiger partial charge in [-0.1, -0.05) is 54.4 Å². The summed E-state index contributed by atoms with van der Waals surface area (Å²) in [5, 5.41) is 16.5. The number of aromatic nitrogens is 1. The Hall–Kier alpha value is -3.15. The van der Waals surface area contributed by atoms with Crippen molar-refractivity contribution in [2.45, 2.75) is 128 Å². The fourth-order valence-corrected chi connectivity index (χ4v) is 9.19. The third-order valence-corrected chi connectivity index (χ3v) is 12.2.